The van der Waals surface area contributed by atoms with Crippen LogP contribution >= 0.6 is 0 Å². The monoisotopic (exact) mass is 484 g/mol. The van der Waals surface area contributed by atoms with E-state index in [4.69, 9.17) is 5.73 Å². The van der Waals surface area contributed by atoms with Crippen molar-refractivity contribution in [3.8, 4) is 11.1 Å². The van der Waals surface area contributed by atoms with Gasteiger partial charge in [-0.15, -0.1) is 0 Å². The number of nitrogens with two attached hydrogens (primary N) is 1. The van der Waals surface area contributed by atoms with E-state index in [1.54, 1.807) is 6.07 Å². The van der Waals surface area contributed by atoms with E-state index in [0.29, 0.717) is 11.5 Å². The maximum absolute atomic E-state index is 15.1. The Morgan fingerprint density at radius 2 is 1.97 bits per heavy atom. The van der Waals surface area contributed by atoms with Crippen molar-refractivity contribution < 1.29 is 22.4 Å². The molecule has 0 spiro atoms. The van der Waals surface area contributed by atoms with Gasteiger partial charge in [-0.2, -0.15) is 18.3 Å². The third-order valence-electron chi connectivity index (χ3n) is 5.20. The van der Waals surface area contributed by atoms with Crippen LogP contribution in [0.25, 0.3) is 27.7 Å². The zero-order valence-electron chi connectivity index (χ0n) is 17.7. The number of aromatic nitrogens is 5. The number of anilines is 3. The Balaban J connectivity index is 1.54. The average Bonchev–Trinajstić information content (AvgIpc) is 3.40. The molecule has 5 N–H and O–H groups in total. The van der Waals surface area contributed by atoms with Crippen LogP contribution in [0.2, 0.25) is 0 Å². The van der Waals surface area contributed by atoms with E-state index < -0.39 is 24.4 Å². The molecular weight excluding hydrogens is 468 g/mol. The molecule has 3 heterocycles. The van der Waals surface area contributed by atoms with E-state index in [-0.39, 0.29) is 33.7 Å². The van der Waals surface area contributed by atoms with Crippen molar-refractivity contribution in [2.75, 3.05) is 17.6 Å². The molecule has 0 aliphatic carbocycles. The molecule has 0 saturated carbocycles. The van der Waals surface area contributed by atoms with Gasteiger partial charge in [-0.1, -0.05) is 18.2 Å². The molecule has 3 aromatic heterocycles. The molecule has 0 radical (unpaired) electrons. The van der Waals surface area contributed by atoms with Crippen molar-refractivity contribution in [3.63, 3.8) is 0 Å². The standard InChI is InChI=1S/C22H16F4N8O/c23-13-7-11(5-6-14(13)31-21-32-15-3-1-2-4-16(15)33-21)17-12(20(35)28-9-22(24,25)26)8-34-18(17)19(27)29-10-30-34/h1-8,10H,9H2,(H,28,35)(H2,27,29,30)(H2,31,32,33). The summed E-state index contributed by atoms with van der Waals surface area (Å²) in [6.45, 7) is -1.53. The first-order chi connectivity index (χ1) is 16.7. The molecule has 0 saturated heterocycles. The number of fused-ring (bicyclic) bond motifs is 2. The maximum Gasteiger partial charge on any atom is 0.405 e. The van der Waals surface area contributed by atoms with E-state index in [2.05, 4.69) is 25.4 Å². The van der Waals surface area contributed by atoms with Crippen LogP contribution < -0.4 is 16.4 Å². The van der Waals surface area contributed by atoms with Gasteiger partial charge in [0.2, 0.25) is 5.95 Å². The van der Waals surface area contributed by atoms with E-state index in [1.807, 2.05) is 23.5 Å². The fourth-order valence-electron chi connectivity index (χ4n) is 3.69. The van der Waals surface area contributed by atoms with Gasteiger partial charge in [-0.3, -0.25) is 4.79 Å². The minimum Gasteiger partial charge on any atom is -0.382 e. The fraction of sp³-hybridized carbons (Fsp3) is 0.0909. The number of hydrogen-bond acceptors (Lipinski definition) is 6. The molecule has 35 heavy (non-hydrogen) atoms. The van der Waals surface area contributed by atoms with Crippen molar-refractivity contribution in [3.05, 3.63) is 66.4 Å². The number of carbonyl (C=O) groups is 1. The van der Waals surface area contributed by atoms with Crippen molar-refractivity contribution in [1.82, 2.24) is 29.9 Å². The largest absolute Gasteiger partial charge is 0.405 e. The number of aromatic amines is 1. The number of imidazole rings is 1. The smallest absolute Gasteiger partial charge is 0.382 e. The number of para-hydroxylation sites is 2. The van der Waals surface area contributed by atoms with Crippen molar-refractivity contribution in [2.45, 2.75) is 6.18 Å². The summed E-state index contributed by atoms with van der Waals surface area (Å²) in [7, 11) is 0. The summed E-state index contributed by atoms with van der Waals surface area (Å²) in [5.41, 5.74) is 7.77. The first-order valence-corrected chi connectivity index (χ1v) is 10.2. The maximum atomic E-state index is 15.1. The van der Waals surface area contributed by atoms with Gasteiger partial charge in [0.25, 0.3) is 5.91 Å². The first-order valence-electron chi connectivity index (χ1n) is 10.2. The normalized spacial score (nSPS) is 11.8. The highest BCUT2D eigenvalue weighted by Gasteiger charge is 2.29. The van der Waals surface area contributed by atoms with E-state index >= 15 is 4.39 Å². The minimum atomic E-state index is -4.61. The molecule has 13 heteroatoms. The molecule has 5 aromatic rings. The van der Waals surface area contributed by atoms with Gasteiger partial charge in [0.15, 0.2) is 5.82 Å². The van der Waals surface area contributed by atoms with Crippen LogP contribution in [0.15, 0.2) is 55.0 Å². The summed E-state index contributed by atoms with van der Waals surface area (Å²) in [6, 6.07) is 11.3. The van der Waals surface area contributed by atoms with E-state index in [1.165, 1.54) is 22.8 Å². The predicted molar refractivity (Wildman–Crippen MR) is 121 cm³/mol. The van der Waals surface area contributed by atoms with Crippen molar-refractivity contribution >= 4 is 39.9 Å². The fourth-order valence-corrected chi connectivity index (χ4v) is 3.69. The molecule has 0 fully saturated rings. The van der Waals surface area contributed by atoms with Crippen LogP contribution in [0, 0.1) is 5.82 Å². The number of alkyl halides is 3. The number of nitrogens with zero attached hydrogens (tertiary/aromatic N) is 4. The molecule has 2 aromatic carbocycles. The molecule has 0 aliphatic rings. The number of carbonyl (C=O) groups excluding carboxylic acids is 1. The summed E-state index contributed by atoms with van der Waals surface area (Å²) >= 11 is 0. The van der Waals surface area contributed by atoms with E-state index in [9.17, 15) is 18.0 Å². The lowest BCUT2D eigenvalue weighted by Crippen LogP contribution is -2.33. The first kappa shape index (κ1) is 22.1. The Labute approximate surface area is 194 Å². The van der Waals surface area contributed by atoms with Crippen molar-refractivity contribution in [1.29, 1.82) is 0 Å². The average molecular weight is 484 g/mol. The zero-order chi connectivity index (χ0) is 24.7. The topological polar surface area (TPSA) is 126 Å². The molecule has 0 aliphatic heterocycles. The summed E-state index contributed by atoms with van der Waals surface area (Å²) in [6.07, 6.45) is -2.26. The van der Waals surface area contributed by atoms with Gasteiger partial charge in [-0.05, 0) is 29.8 Å². The van der Waals surface area contributed by atoms with Crippen LogP contribution in [0.3, 0.4) is 0 Å². The summed E-state index contributed by atoms with van der Waals surface area (Å²) in [5, 5.41) is 8.63. The van der Waals surface area contributed by atoms with Crippen LogP contribution in [0.4, 0.5) is 35.0 Å². The molecule has 0 bridgehead atoms. The second kappa shape index (κ2) is 8.27. The highest BCUT2D eigenvalue weighted by atomic mass is 19.4. The van der Waals surface area contributed by atoms with Crippen LogP contribution in [-0.4, -0.2) is 43.2 Å². The molecule has 178 valence electrons. The minimum absolute atomic E-state index is 0.0326. The number of nitrogens with one attached hydrogen (secondary N) is 3. The molecular formula is C22H16F4N8O. The number of H-pyrrole nitrogens is 1. The third kappa shape index (κ3) is 4.30. The third-order valence-corrected chi connectivity index (χ3v) is 5.20. The van der Waals surface area contributed by atoms with Gasteiger partial charge < -0.3 is 21.4 Å². The number of nitrogen functional groups attached to an aromatic ring is 1. The number of hydrogen-bond donors (Lipinski definition) is 4. The summed E-state index contributed by atoms with van der Waals surface area (Å²) < 4.78 is 54.2. The zero-order valence-corrected chi connectivity index (χ0v) is 17.7. The Bertz CT molecular complexity index is 1540. The van der Waals surface area contributed by atoms with Crippen LogP contribution in [-0.2, 0) is 0 Å². The molecule has 9 nitrogen and oxygen atoms in total. The Morgan fingerprint density at radius 3 is 2.71 bits per heavy atom. The second-order valence-corrected chi connectivity index (χ2v) is 7.58. The lowest BCUT2D eigenvalue weighted by Gasteiger charge is -2.11. The Hall–Kier alpha value is -4.68. The summed E-state index contributed by atoms with van der Waals surface area (Å²) in [4.78, 5) is 23.9. The Morgan fingerprint density at radius 1 is 1.17 bits per heavy atom. The van der Waals surface area contributed by atoms with Crippen LogP contribution in [0.1, 0.15) is 10.4 Å². The lowest BCUT2D eigenvalue weighted by atomic mass is 10.0. The highest BCUT2D eigenvalue weighted by Crippen LogP contribution is 2.34. The number of benzene rings is 2. The van der Waals surface area contributed by atoms with Gasteiger partial charge in [0.05, 0.1) is 22.3 Å². The number of amides is 1. The number of halogens is 4. The van der Waals surface area contributed by atoms with Gasteiger partial charge in [0, 0.05) is 11.8 Å². The lowest BCUT2D eigenvalue weighted by molar-refractivity contribution is -0.123. The number of rotatable bonds is 5. The molecule has 0 unspecified atom stereocenters. The molecule has 0 atom stereocenters. The van der Waals surface area contributed by atoms with Gasteiger partial charge in [0.1, 0.15) is 24.2 Å². The van der Waals surface area contributed by atoms with Crippen molar-refractivity contribution in [2.24, 2.45) is 0 Å². The summed E-state index contributed by atoms with van der Waals surface area (Å²) in [5.74, 6) is -1.43. The Kier molecular flexibility index (Phi) is 5.23. The van der Waals surface area contributed by atoms with E-state index in [0.717, 1.165) is 17.9 Å². The molecule has 5 rings (SSSR count). The van der Waals surface area contributed by atoms with Crippen LogP contribution in [0.5, 0.6) is 0 Å². The quantitative estimate of drug-likeness (QED) is 0.279. The van der Waals surface area contributed by atoms with Gasteiger partial charge >= 0.3 is 6.18 Å². The highest BCUT2D eigenvalue weighted by molar-refractivity contribution is 6.07. The predicted octanol–water partition coefficient (Wildman–Crippen LogP) is 4.03. The SMILES string of the molecule is Nc1ncnn2cc(C(=O)NCC(F)(F)F)c(-c3ccc(Nc4nc5ccccc5[nH]4)c(F)c3)c12. The molecule has 1 amide bonds. The second-order valence-electron chi connectivity index (χ2n) is 7.58. The van der Waals surface area contributed by atoms with Gasteiger partial charge in [-0.25, -0.2) is 18.9 Å².